The van der Waals surface area contributed by atoms with E-state index < -0.39 is 11.9 Å². The van der Waals surface area contributed by atoms with Gasteiger partial charge in [-0.05, 0) is 74.9 Å². The van der Waals surface area contributed by atoms with E-state index in [4.69, 9.17) is 40.5 Å². The van der Waals surface area contributed by atoms with Gasteiger partial charge in [0.25, 0.3) is 0 Å². The quantitative estimate of drug-likeness (QED) is 0.276. The summed E-state index contributed by atoms with van der Waals surface area (Å²) in [5, 5.41) is 1.07. The molecule has 2 N–H and O–H groups in total. The summed E-state index contributed by atoms with van der Waals surface area (Å²) in [5.41, 5.74) is 9.45. The predicted octanol–water partition coefficient (Wildman–Crippen LogP) is 7.39. The summed E-state index contributed by atoms with van der Waals surface area (Å²) < 4.78 is 45.3. The average molecular weight is 544 g/mol. The molecular formula is C25H24Cl3F3N4. The zero-order valence-corrected chi connectivity index (χ0v) is 21.6. The lowest BCUT2D eigenvalue weighted by Crippen LogP contribution is -2.22. The van der Waals surface area contributed by atoms with Gasteiger partial charge in [-0.25, -0.2) is 4.98 Å². The van der Waals surface area contributed by atoms with Crippen molar-refractivity contribution >= 4 is 40.6 Å². The lowest BCUT2D eigenvalue weighted by Gasteiger charge is -2.16. The molecule has 0 aliphatic heterocycles. The van der Waals surface area contributed by atoms with E-state index in [1.807, 2.05) is 32.9 Å². The third-order valence-electron chi connectivity index (χ3n) is 6.09. The number of benzene rings is 2. The molecule has 2 heterocycles. The molecule has 35 heavy (non-hydrogen) atoms. The Balaban J connectivity index is 1.83. The molecule has 0 saturated carbocycles. The SMILES string of the molecule is Cc1cc(C)c(-n2c(Cl)cn3c(CC(CN)Cc4ccc(Cl)c(Cl)c4)c(C(F)(F)F)nc23)c(C)c1. The minimum absolute atomic E-state index is 0.0195. The molecule has 0 aliphatic rings. The van der Waals surface area contributed by atoms with Crippen LogP contribution in [0.1, 0.15) is 33.6 Å². The Bertz CT molecular complexity index is 1380. The summed E-state index contributed by atoms with van der Waals surface area (Å²) >= 11 is 18.7. The number of nitrogens with zero attached hydrogens (tertiary/aromatic N) is 3. The van der Waals surface area contributed by atoms with E-state index in [2.05, 4.69) is 4.98 Å². The zero-order valence-electron chi connectivity index (χ0n) is 19.3. The summed E-state index contributed by atoms with van der Waals surface area (Å²) in [6.07, 6.45) is -2.67. The highest BCUT2D eigenvalue weighted by atomic mass is 35.5. The first-order valence-corrected chi connectivity index (χ1v) is 12.1. The van der Waals surface area contributed by atoms with Gasteiger partial charge in [0.15, 0.2) is 5.69 Å². The molecule has 0 bridgehead atoms. The molecule has 186 valence electrons. The van der Waals surface area contributed by atoms with Crippen LogP contribution in [0.4, 0.5) is 13.2 Å². The normalized spacial score (nSPS) is 13.1. The number of hydrogen-bond acceptors (Lipinski definition) is 2. The average Bonchev–Trinajstić information content (AvgIpc) is 3.25. The molecule has 10 heteroatoms. The Morgan fingerprint density at radius 3 is 2.20 bits per heavy atom. The molecule has 0 aliphatic carbocycles. The Labute approximate surface area is 216 Å². The molecule has 2 aromatic carbocycles. The van der Waals surface area contributed by atoms with Gasteiger partial charge in [-0.15, -0.1) is 0 Å². The summed E-state index contributed by atoms with van der Waals surface area (Å²) in [6.45, 7) is 5.94. The lowest BCUT2D eigenvalue weighted by molar-refractivity contribution is -0.141. The third-order valence-corrected chi connectivity index (χ3v) is 7.10. The molecule has 4 nitrogen and oxygen atoms in total. The van der Waals surface area contributed by atoms with Crippen LogP contribution in [0, 0.1) is 26.7 Å². The van der Waals surface area contributed by atoms with Crippen molar-refractivity contribution in [2.24, 2.45) is 11.7 Å². The molecule has 0 amide bonds. The van der Waals surface area contributed by atoms with Crippen LogP contribution in [0.5, 0.6) is 0 Å². The van der Waals surface area contributed by atoms with E-state index in [1.54, 1.807) is 22.8 Å². The predicted molar refractivity (Wildman–Crippen MR) is 135 cm³/mol. The molecule has 1 atom stereocenters. The number of imidazole rings is 2. The molecule has 4 aromatic rings. The second-order valence-corrected chi connectivity index (χ2v) is 10.1. The fraction of sp³-hybridized carbons (Fsp3) is 0.320. The summed E-state index contributed by atoms with van der Waals surface area (Å²) in [4.78, 5) is 4.04. The standard InChI is InChI=1S/C25H24Cl3F3N4/c1-13-6-14(2)22(15(3)7-13)35-21(28)12-34-20(23(25(29,30)31)33-24(34)35)10-17(11-32)8-16-4-5-18(26)19(27)9-16/h4-7,9,12,17H,8,10-11,32H2,1-3H3. The fourth-order valence-electron chi connectivity index (χ4n) is 4.67. The molecule has 2 aromatic heterocycles. The smallest absolute Gasteiger partial charge is 0.330 e. The van der Waals surface area contributed by atoms with Gasteiger partial charge in [-0.3, -0.25) is 8.97 Å². The zero-order chi connectivity index (χ0) is 25.7. The maximum atomic E-state index is 14.1. The molecular weight excluding hydrogens is 520 g/mol. The number of fused-ring (bicyclic) bond motifs is 1. The van der Waals surface area contributed by atoms with E-state index in [-0.39, 0.29) is 35.5 Å². The highest BCUT2D eigenvalue weighted by Crippen LogP contribution is 2.37. The molecule has 1 unspecified atom stereocenters. The summed E-state index contributed by atoms with van der Waals surface area (Å²) in [5.74, 6) is -0.184. The van der Waals surface area contributed by atoms with Gasteiger partial charge in [0.1, 0.15) is 5.15 Å². The topological polar surface area (TPSA) is 48.2 Å². The molecule has 0 saturated heterocycles. The number of aromatic nitrogens is 3. The van der Waals surface area contributed by atoms with Crippen molar-refractivity contribution in [2.75, 3.05) is 6.54 Å². The Morgan fingerprint density at radius 1 is 0.971 bits per heavy atom. The number of rotatable bonds is 6. The van der Waals surface area contributed by atoms with Crippen LogP contribution in [0.2, 0.25) is 15.2 Å². The number of halogens is 6. The van der Waals surface area contributed by atoms with Crippen LogP contribution in [-0.2, 0) is 19.0 Å². The first-order valence-electron chi connectivity index (χ1n) is 11.0. The van der Waals surface area contributed by atoms with Gasteiger partial charge in [0.05, 0.1) is 21.4 Å². The van der Waals surface area contributed by atoms with Crippen LogP contribution in [0.15, 0.2) is 36.5 Å². The van der Waals surface area contributed by atoms with Crippen LogP contribution in [0.25, 0.3) is 11.5 Å². The van der Waals surface area contributed by atoms with Crippen molar-refractivity contribution in [2.45, 2.75) is 39.8 Å². The summed E-state index contributed by atoms with van der Waals surface area (Å²) in [6, 6.07) is 9.09. The largest absolute Gasteiger partial charge is 0.435 e. The van der Waals surface area contributed by atoms with Crippen LogP contribution in [0.3, 0.4) is 0 Å². The van der Waals surface area contributed by atoms with Gasteiger partial charge < -0.3 is 5.73 Å². The maximum Gasteiger partial charge on any atom is 0.435 e. The monoisotopic (exact) mass is 542 g/mol. The Hall–Kier alpha value is -2.19. The van der Waals surface area contributed by atoms with Gasteiger partial charge in [0.2, 0.25) is 5.78 Å². The lowest BCUT2D eigenvalue weighted by atomic mass is 9.94. The number of hydrogen-bond donors (Lipinski definition) is 1. The highest BCUT2D eigenvalue weighted by molar-refractivity contribution is 6.42. The van der Waals surface area contributed by atoms with E-state index in [9.17, 15) is 13.2 Å². The van der Waals surface area contributed by atoms with Gasteiger partial charge in [-0.1, -0.05) is 58.6 Å². The molecule has 0 fully saturated rings. The second kappa shape index (κ2) is 9.69. The van der Waals surface area contributed by atoms with Crippen molar-refractivity contribution < 1.29 is 13.2 Å². The number of aryl methyl sites for hydroxylation is 3. The Kier molecular flexibility index (Phi) is 7.17. The second-order valence-electron chi connectivity index (χ2n) is 8.87. The first-order chi connectivity index (χ1) is 16.4. The summed E-state index contributed by atoms with van der Waals surface area (Å²) in [7, 11) is 0. The highest BCUT2D eigenvalue weighted by Gasteiger charge is 2.39. The van der Waals surface area contributed by atoms with Crippen molar-refractivity contribution in [3.05, 3.63) is 85.4 Å². The van der Waals surface area contributed by atoms with Crippen molar-refractivity contribution in [3.8, 4) is 5.69 Å². The Morgan fingerprint density at radius 2 is 1.63 bits per heavy atom. The third kappa shape index (κ3) is 5.05. The van der Waals surface area contributed by atoms with Gasteiger partial charge >= 0.3 is 6.18 Å². The van der Waals surface area contributed by atoms with Crippen LogP contribution >= 0.6 is 34.8 Å². The minimum atomic E-state index is -4.64. The van der Waals surface area contributed by atoms with Crippen LogP contribution < -0.4 is 5.73 Å². The number of alkyl halides is 3. The van der Waals surface area contributed by atoms with Crippen molar-refractivity contribution in [3.63, 3.8) is 0 Å². The minimum Gasteiger partial charge on any atom is -0.330 e. The van der Waals surface area contributed by atoms with Crippen molar-refractivity contribution in [1.29, 1.82) is 0 Å². The van der Waals surface area contributed by atoms with E-state index >= 15 is 0 Å². The van der Waals surface area contributed by atoms with Crippen molar-refractivity contribution in [1.82, 2.24) is 14.0 Å². The first kappa shape index (κ1) is 25.9. The molecule has 4 rings (SSSR count). The van der Waals surface area contributed by atoms with Gasteiger partial charge in [0, 0.05) is 6.20 Å². The van der Waals surface area contributed by atoms with Crippen LogP contribution in [-0.4, -0.2) is 20.5 Å². The maximum absolute atomic E-state index is 14.1. The molecule has 0 spiro atoms. The fourth-order valence-corrected chi connectivity index (χ4v) is 5.25. The van der Waals surface area contributed by atoms with E-state index in [0.29, 0.717) is 22.2 Å². The molecule has 0 radical (unpaired) electrons. The van der Waals surface area contributed by atoms with E-state index in [1.165, 1.54) is 10.6 Å². The van der Waals surface area contributed by atoms with E-state index in [0.717, 1.165) is 22.3 Å². The van der Waals surface area contributed by atoms with Gasteiger partial charge in [-0.2, -0.15) is 13.2 Å². The number of nitrogens with two attached hydrogens (primary N) is 1.